The average molecular weight is 227 g/mol. The summed E-state index contributed by atoms with van der Waals surface area (Å²) in [6.45, 7) is 1.53. The highest BCUT2D eigenvalue weighted by Crippen LogP contribution is 2.39. The summed E-state index contributed by atoms with van der Waals surface area (Å²) in [5, 5.41) is 8.83. The zero-order chi connectivity index (χ0) is 11.9. The first-order valence-electron chi connectivity index (χ1n) is 5.14. The molecule has 0 spiro atoms. The first-order valence-corrected chi connectivity index (χ1v) is 5.14. The minimum absolute atomic E-state index is 0.176. The SMILES string of the molecule is Cc1cn(C2CC(CO)C2F)c(=O)nc1N. The summed E-state index contributed by atoms with van der Waals surface area (Å²) in [6.07, 6.45) is 0.797. The Bertz CT molecular complexity index is 460. The molecule has 1 aliphatic rings. The van der Waals surface area contributed by atoms with E-state index < -0.39 is 17.9 Å². The number of rotatable bonds is 2. The molecule has 5 nitrogen and oxygen atoms in total. The predicted octanol–water partition coefficient (Wildman–Crippen LogP) is 0.0253. The highest BCUT2D eigenvalue weighted by molar-refractivity contribution is 5.35. The molecule has 1 aliphatic carbocycles. The second-order valence-electron chi connectivity index (χ2n) is 4.19. The summed E-state index contributed by atoms with van der Waals surface area (Å²) in [6, 6.07) is -0.517. The van der Waals surface area contributed by atoms with E-state index in [1.165, 1.54) is 10.8 Å². The van der Waals surface area contributed by atoms with Crippen LogP contribution in [0.1, 0.15) is 18.0 Å². The van der Waals surface area contributed by atoms with Gasteiger partial charge in [-0.05, 0) is 13.3 Å². The number of aryl methyl sites for hydroxylation is 1. The molecule has 1 saturated carbocycles. The van der Waals surface area contributed by atoms with Crippen LogP contribution in [0.4, 0.5) is 10.2 Å². The third-order valence-electron chi connectivity index (χ3n) is 3.13. The Morgan fingerprint density at radius 2 is 2.44 bits per heavy atom. The third-order valence-corrected chi connectivity index (χ3v) is 3.13. The number of nitrogens with two attached hydrogens (primary N) is 1. The van der Waals surface area contributed by atoms with Crippen LogP contribution < -0.4 is 11.4 Å². The van der Waals surface area contributed by atoms with E-state index in [0.717, 1.165) is 0 Å². The average Bonchev–Trinajstić information content (AvgIpc) is 2.24. The van der Waals surface area contributed by atoms with Crippen LogP contribution in [0, 0.1) is 12.8 Å². The van der Waals surface area contributed by atoms with Crippen molar-refractivity contribution in [3.05, 3.63) is 22.2 Å². The molecule has 3 atom stereocenters. The minimum atomic E-state index is -1.19. The van der Waals surface area contributed by atoms with Gasteiger partial charge in [-0.3, -0.25) is 4.57 Å². The number of nitrogen functional groups attached to an aromatic ring is 1. The fraction of sp³-hybridized carbons (Fsp3) is 0.600. The van der Waals surface area contributed by atoms with Crippen molar-refractivity contribution in [3.63, 3.8) is 0 Å². The van der Waals surface area contributed by atoms with Gasteiger partial charge in [0, 0.05) is 24.3 Å². The quantitative estimate of drug-likeness (QED) is 0.746. The third kappa shape index (κ3) is 1.59. The zero-order valence-electron chi connectivity index (χ0n) is 8.93. The summed E-state index contributed by atoms with van der Waals surface area (Å²) in [4.78, 5) is 15.1. The predicted molar refractivity (Wildman–Crippen MR) is 56.8 cm³/mol. The molecule has 0 aromatic carbocycles. The maximum Gasteiger partial charge on any atom is 0.349 e. The molecule has 0 radical (unpaired) electrons. The minimum Gasteiger partial charge on any atom is -0.396 e. The molecule has 1 heterocycles. The van der Waals surface area contributed by atoms with E-state index in [0.29, 0.717) is 12.0 Å². The molecule has 2 rings (SSSR count). The molecule has 1 aromatic rings. The molecule has 6 heteroatoms. The Hall–Kier alpha value is -1.43. The number of halogens is 1. The van der Waals surface area contributed by atoms with E-state index in [4.69, 9.17) is 10.8 Å². The zero-order valence-corrected chi connectivity index (χ0v) is 8.93. The van der Waals surface area contributed by atoms with E-state index in [1.807, 2.05) is 0 Å². The van der Waals surface area contributed by atoms with Crippen LogP contribution in [0.25, 0.3) is 0 Å². The van der Waals surface area contributed by atoms with Gasteiger partial charge in [-0.15, -0.1) is 0 Å². The Balaban J connectivity index is 2.30. The van der Waals surface area contributed by atoms with Gasteiger partial charge in [0.1, 0.15) is 12.0 Å². The molecule has 0 aliphatic heterocycles. The van der Waals surface area contributed by atoms with Gasteiger partial charge in [-0.1, -0.05) is 0 Å². The number of aliphatic hydroxyl groups excluding tert-OH is 1. The molecular weight excluding hydrogens is 213 g/mol. The monoisotopic (exact) mass is 227 g/mol. The van der Waals surface area contributed by atoms with Crippen molar-refractivity contribution in [1.29, 1.82) is 0 Å². The number of hydrogen-bond donors (Lipinski definition) is 2. The van der Waals surface area contributed by atoms with Crippen LogP contribution in [-0.4, -0.2) is 27.4 Å². The Morgan fingerprint density at radius 3 is 3.00 bits per heavy atom. The second-order valence-corrected chi connectivity index (χ2v) is 4.19. The molecule has 1 fully saturated rings. The number of hydrogen-bond acceptors (Lipinski definition) is 4. The molecule has 0 amide bonds. The van der Waals surface area contributed by atoms with Crippen LogP contribution in [0.5, 0.6) is 0 Å². The lowest BCUT2D eigenvalue weighted by molar-refractivity contribution is -0.000356. The highest BCUT2D eigenvalue weighted by atomic mass is 19.1. The van der Waals surface area contributed by atoms with E-state index in [1.54, 1.807) is 6.92 Å². The second kappa shape index (κ2) is 3.86. The lowest BCUT2D eigenvalue weighted by Gasteiger charge is -2.39. The van der Waals surface area contributed by atoms with Crippen molar-refractivity contribution in [2.45, 2.75) is 25.6 Å². The lowest BCUT2D eigenvalue weighted by atomic mass is 9.78. The molecular formula is C10H14FN3O2. The maximum absolute atomic E-state index is 13.6. The van der Waals surface area contributed by atoms with Gasteiger partial charge in [0.15, 0.2) is 0 Å². The smallest absolute Gasteiger partial charge is 0.349 e. The topological polar surface area (TPSA) is 81.1 Å². The van der Waals surface area contributed by atoms with Crippen molar-refractivity contribution in [1.82, 2.24) is 9.55 Å². The van der Waals surface area contributed by atoms with E-state index >= 15 is 0 Å². The van der Waals surface area contributed by atoms with Crippen LogP contribution in [0.2, 0.25) is 0 Å². The van der Waals surface area contributed by atoms with Gasteiger partial charge in [0.2, 0.25) is 0 Å². The molecule has 3 N–H and O–H groups in total. The number of anilines is 1. The van der Waals surface area contributed by atoms with Crippen LogP contribution >= 0.6 is 0 Å². The largest absolute Gasteiger partial charge is 0.396 e. The molecule has 88 valence electrons. The molecule has 16 heavy (non-hydrogen) atoms. The molecule has 3 unspecified atom stereocenters. The lowest BCUT2D eigenvalue weighted by Crippen LogP contribution is -2.46. The van der Waals surface area contributed by atoms with E-state index in [9.17, 15) is 9.18 Å². The van der Waals surface area contributed by atoms with Crippen molar-refractivity contribution in [2.24, 2.45) is 5.92 Å². The van der Waals surface area contributed by atoms with Crippen molar-refractivity contribution >= 4 is 5.82 Å². The van der Waals surface area contributed by atoms with Crippen molar-refractivity contribution < 1.29 is 9.50 Å². The fourth-order valence-electron chi connectivity index (χ4n) is 1.95. The van der Waals surface area contributed by atoms with Crippen molar-refractivity contribution in [2.75, 3.05) is 12.3 Å². The van der Waals surface area contributed by atoms with E-state index in [-0.39, 0.29) is 18.3 Å². The maximum atomic E-state index is 13.6. The number of aliphatic hydroxyl groups is 1. The first kappa shape index (κ1) is 11.1. The molecule has 0 bridgehead atoms. The highest BCUT2D eigenvalue weighted by Gasteiger charge is 2.42. The normalized spacial score (nSPS) is 28.8. The van der Waals surface area contributed by atoms with Crippen molar-refractivity contribution in [3.8, 4) is 0 Å². The van der Waals surface area contributed by atoms with Gasteiger partial charge in [0.05, 0.1) is 6.04 Å². The van der Waals surface area contributed by atoms with Gasteiger partial charge in [-0.2, -0.15) is 4.98 Å². The van der Waals surface area contributed by atoms with E-state index in [2.05, 4.69) is 4.98 Å². The first-order chi connectivity index (χ1) is 7.54. The van der Waals surface area contributed by atoms with Crippen LogP contribution in [0.15, 0.2) is 11.0 Å². The summed E-state index contributed by atoms with van der Waals surface area (Å²) < 4.78 is 14.8. The Morgan fingerprint density at radius 1 is 1.75 bits per heavy atom. The molecule has 0 saturated heterocycles. The number of alkyl halides is 1. The Labute approximate surface area is 91.7 Å². The van der Waals surface area contributed by atoms with Gasteiger partial charge in [0.25, 0.3) is 0 Å². The Kier molecular flexibility index (Phi) is 2.67. The standard InChI is InChI=1S/C10H14FN3O2/c1-5-3-14(10(16)13-9(5)12)7-2-6(4-15)8(7)11/h3,6-8,15H,2,4H2,1H3,(H2,12,13,16). The summed E-state index contributed by atoms with van der Waals surface area (Å²) in [5.74, 6) is -0.190. The number of nitrogens with zero attached hydrogens (tertiary/aromatic N) is 2. The number of aromatic nitrogens is 2. The van der Waals surface area contributed by atoms with Crippen LogP contribution in [0.3, 0.4) is 0 Å². The van der Waals surface area contributed by atoms with Gasteiger partial charge in [-0.25, -0.2) is 9.18 Å². The summed E-state index contributed by atoms with van der Waals surface area (Å²) in [7, 11) is 0. The summed E-state index contributed by atoms with van der Waals surface area (Å²) in [5.41, 5.74) is 5.60. The van der Waals surface area contributed by atoms with Gasteiger partial charge >= 0.3 is 5.69 Å². The fourth-order valence-corrected chi connectivity index (χ4v) is 1.95. The molecule has 1 aromatic heterocycles. The summed E-state index contributed by atoms with van der Waals surface area (Å²) >= 11 is 0. The van der Waals surface area contributed by atoms with Crippen LogP contribution in [-0.2, 0) is 0 Å². The van der Waals surface area contributed by atoms with Gasteiger partial charge < -0.3 is 10.8 Å².